The number of nitrogens with zero attached hydrogens (tertiary/aromatic N) is 3. The van der Waals surface area contributed by atoms with Gasteiger partial charge in [0.25, 0.3) is 5.91 Å². The van der Waals surface area contributed by atoms with Gasteiger partial charge in [0, 0.05) is 12.5 Å². The molecule has 3 aromatic rings. The largest absolute Gasteiger partial charge is 0.345 e. The normalized spacial score (nSPS) is 12.5. The number of rotatable bonds is 7. The van der Waals surface area contributed by atoms with Crippen molar-refractivity contribution in [3.8, 4) is 5.69 Å². The molecule has 0 aliphatic carbocycles. The lowest BCUT2D eigenvalue weighted by Crippen LogP contribution is -2.29. The lowest BCUT2D eigenvalue weighted by atomic mass is 10.0. The van der Waals surface area contributed by atoms with Gasteiger partial charge in [-0.25, -0.2) is 22.5 Å². The fraction of sp³-hybridized carbons (Fsp3) is 0.286. The monoisotopic (exact) mass is 430 g/mol. The van der Waals surface area contributed by atoms with Crippen LogP contribution in [0.1, 0.15) is 47.4 Å². The highest BCUT2D eigenvalue weighted by molar-refractivity contribution is 7.90. The molecule has 2 heterocycles. The number of nitrogens with one attached hydrogen (secondary N) is 1. The van der Waals surface area contributed by atoms with Crippen LogP contribution in [0.2, 0.25) is 0 Å². The molecule has 0 radical (unpaired) electrons. The Morgan fingerprint density at radius 3 is 2.43 bits per heavy atom. The zero-order valence-electron chi connectivity index (χ0n) is 17.0. The number of pyridine rings is 1. The molecular weight excluding hydrogens is 407 g/mol. The van der Waals surface area contributed by atoms with Crippen molar-refractivity contribution in [1.82, 2.24) is 20.1 Å². The lowest BCUT2D eigenvalue weighted by Gasteiger charge is -2.18. The molecule has 0 aliphatic heterocycles. The quantitative estimate of drug-likeness (QED) is 0.620. The van der Waals surface area contributed by atoms with E-state index in [0.717, 1.165) is 18.2 Å². The van der Waals surface area contributed by atoms with Gasteiger partial charge in [0.15, 0.2) is 14.9 Å². The minimum Gasteiger partial charge on any atom is -0.345 e. The second kappa shape index (κ2) is 8.74. The molecule has 1 N–H and O–H groups in total. The van der Waals surface area contributed by atoms with Crippen LogP contribution in [0.3, 0.4) is 0 Å². The second-order valence-corrected chi connectivity index (χ2v) is 9.01. The Kier molecular flexibility index (Phi) is 6.31. The summed E-state index contributed by atoms with van der Waals surface area (Å²) in [4.78, 5) is 16.9. The number of halogens is 1. The topological polar surface area (TPSA) is 94.0 Å². The SMILES string of the molecule is CCCC(NC(=O)c1cnn(-c2ccc(F)cc2)c1C)c1ccc(S(C)(=O)=O)nc1. The molecule has 1 unspecified atom stereocenters. The number of benzene rings is 1. The van der Waals surface area contributed by atoms with Crippen molar-refractivity contribution in [1.29, 1.82) is 0 Å². The van der Waals surface area contributed by atoms with Gasteiger partial charge >= 0.3 is 0 Å². The third kappa shape index (κ3) is 4.73. The number of carbonyl (C=O) groups is 1. The molecule has 0 fully saturated rings. The third-order valence-corrected chi connectivity index (χ3v) is 5.75. The summed E-state index contributed by atoms with van der Waals surface area (Å²) in [6.45, 7) is 3.76. The van der Waals surface area contributed by atoms with E-state index in [1.807, 2.05) is 6.92 Å². The van der Waals surface area contributed by atoms with Crippen LogP contribution in [0.25, 0.3) is 5.69 Å². The number of hydrogen-bond donors (Lipinski definition) is 1. The Bertz CT molecular complexity index is 1140. The maximum absolute atomic E-state index is 13.2. The molecule has 0 saturated carbocycles. The Balaban J connectivity index is 1.83. The van der Waals surface area contributed by atoms with E-state index in [2.05, 4.69) is 15.4 Å². The molecular formula is C21H23FN4O3S. The van der Waals surface area contributed by atoms with Gasteiger partial charge in [-0.1, -0.05) is 19.4 Å². The molecule has 0 saturated heterocycles. The molecule has 1 aromatic carbocycles. The number of sulfone groups is 1. The minimum absolute atomic E-state index is 0.00996. The van der Waals surface area contributed by atoms with Crippen LogP contribution in [0.4, 0.5) is 4.39 Å². The summed E-state index contributed by atoms with van der Waals surface area (Å²) in [5.74, 6) is -0.647. The number of aromatic nitrogens is 3. The van der Waals surface area contributed by atoms with Gasteiger partial charge in [-0.05, 0) is 49.2 Å². The summed E-state index contributed by atoms with van der Waals surface area (Å²) in [5, 5.41) is 7.23. The molecule has 7 nitrogen and oxygen atoms in total. The fourth-order valence-electron chi connectivity index (χ4n) is 3.14. The summed E-state index contributed by atoms with van der Waals surface area (Å²) < 4.78 is 38.0. The highest BCUT2D eigenvalue weighted by Gasteiger charge is 2.20. The summed E-state index contributed by atoms with van der Waals surface area (Å²) >= 11 is 0. The highest BCUT2D eigenvalue weighted by atomic mass is 32.2. The van der Waals surface area contributed by atoms with Crippen molar-refractivity contribution in [3.63, 3.8) is 0 Å². The van der Waals surface area contributed by atoms with Gasteiger partial charge in [0.2, 0.25) is 0 Å². The van der Waals surface area contributed by atoms with E-state index >= 15 is 0 Å². The van der Waals surface area contributed by atoms with E-state index in [-0.39, 0.29) is 22.8 Å². The minimum atomic E-state index is -3.39. The molecule has 3 rings (SSSR count). The number of hydrogen-bond acceptors (Lipinski definition) is 5. The van der Waals surface area contributed by atoms with Crippen LogP contribution in [0, 0.1) is 12.7 Å². The molecule has 9 heteroatoms. The summed E-state index contributed by atoms with van der Waals surface area (Å²) in [6, 6.07) is 8.63. The van der Waals surface area contributed by atoms with E-state index < -0.39 is 9.84 Å². The van der Waals surface area contributed by atoms with E-state index in [0.29, 0.717) is 23.4 Å². The molecule has 0 bridgehead atoms. The van der Waals surface area contributed by atoms with E-state index in [9.17, 15) is 17.6 Å². The van der Waals surface area contributed by atoms with Crippen LogP contribution in [-0.4, -0.2) is 35.3 Å². The standard InChI is InChI=1S/C21H23FN4O3S/c1-4-5-19(15-6-11-20(23-12-15)30(3,28)29)25-21(27)18-13-24-26(14(18)2)17-9-7-16(22)8-10-17/h6-13,19H,4-5H2,1-3H3,(H,25,27). The molecule has 1 atom stereocenters. The van der Waals surface area contributed by atoms with Crippen molar-refractivity contribution in [2.45, 2.75) is 37.8 Å². The van der Waals surface area contributed by atoms with Crippen LogP contribution < -0.4 is 5.32 Å². The number of amides is 1. The first-order valence-electron chi connectivity index (χ1n) is 9.48. The van der Waals surface area contributed by atoms with Crippen LogP contribution >= 0.6 is 0 Å². The summed E-state index contributed by atoms with van der Waals surface area (Å²) in [6.07, 6.45) is 5.53. The van der Waals surface area contributed by atoms with Gasteiger partial charge in [0.05, 0.1) is 29.2 Å². The number of carbonyl (C=O) groups excluding carboxylic acids is 1. The Morgan fingerprint density at radius 1 is 1.17 bits per heavy atom. The Hall–Kier alpha value is -3.07. The van der Waals surface area contributed by atoms with E-state index in [1.165, 1.54) is 30.6 Å². The first-order chi connectivity index (χ1) is 14.2. The smallest absolute Gasteiger partial charge is 0.255 e. The molecule has 0 aliphatic rings. The summed E-state index contributed by atoms with van der Waals surface area (Å²) in [5.41, 5.74) is 2.40. The maximum atomic E-state index is 13.2. The average molecular weight is 431 g/mol. The highest BCUT2D eigenvalue weighted by Crippen LogP contribution is 2.21. The van der Waals surface area contributed by atoms with Crippen molar-refractivity contribution in [2.75, 3.05) is 6.26 Å². The average Bonchev–Trinajstić information content (AvgIpc) is 3.09. The molecule has 2 aromatic heterocycles. The first kappa shape index (κ1) is 21.6. The third-order valence-electron chi connectivity index (χ3n) is 4.75. The maximum Gasteiger partial charge on any atom is 0.255 e. The van der Waals surface area contributed by atoms with Gasteiger partial charge in [-0.15, -0.1) is 0 Å². The Labute approximate surface area is 174 Å². The fourth-order valence-corrected chi connectivity index (χ4v) is 3.70. The van der Waals surface area contributed by atoms with Crippen molar-refractivity contribution < 1.29 is 17.6 Å². The van der Waals surface area contributed by atoms with Crippen LogP contribution in [0.5, 0.6) is 0 Å². The lowest BCUT2D eigenvalue weighted by molar-refractivity contribution is 0.0933. The molecule has 0 spiro atoms. The Morgan fingerprint density at radius 2 is 1.87 bits per heavy atom. The predicted molar refractivity (Wildman–Crippen MR) is 111 cm³/mol. The molecule has 30 heavy (non-hydrogen) atoms. The summed E-state index contributed by atoms with van der Waals surface area (Å²) in [7, 11) is -3.39. The zero-order valence-corrected chi connectivity index (χ0v) is 17.8. The van der Waals surface area contributed by atoms with Gasteiger partial charge < -0.3 is 5.32 Å². The van der Waals surface area contributed by atoms with E-state index in [4.69, 9.17) is 0 Å². The zero-order chi connectivity index (χ0) is 21.9. The van der Waals surface area contributed by atoms with Gasteiger partial charge in [-0.3, -0.25) is 4.79 Å². The van der Waals surface area contributed by atoms with E-state index in [1.54, 1.807) is 29.8 Å². The molecule has 158 valence electrons. The van der Waals surface area contributed by atoms with Crippen LogP contribution in [-0.2, 0) is 9.84 Å². The van der Waals surface area contributed by atoms with Gasteiger partial charge in [-0.2, -0.15) is 5.10 Å². The van der Waals surface area contributed by atoms with Crippen LogP contribution in [0.15, 0.2) is 53.8 Å². The van der Waals surface area contributed by atoms with Gasteiger partial charge in [0.1, 0.15) is 5.82 Å². The van der Waals surface area contributed by atoms with Crippen molar-refractivity contribution >= 4 is 15.7 Å². The van der Waals surface area contributed by atoms with Crippen molar-refractivity contribution in [3.05, 3.63) is 71.4 Å². The van der Waals surface area contributed by atoms with Crippen molar-refractivity contribution in [2.24, 2.45) is 0 Å². The first-order valence-corrected chi connectivity index (χ1v) is 11.4. The predicted octanol–water partition coefficient (Wildman–Crippen LogP) is 3.39. The molecule has 1 amide bonds. The second-order valence-electron chi connectivity index (χ2n) is 7.05.